The smallest absolute Gasteiger partial charge is 0.244 e. The number of hydrogen-bond donors (Lipinski definition) is 2. The first-order chi connectivity index (χ1) is 9.22. The molecule has 20 heavy (non-hydrogen) atoms. The van der Waals surface area contributed by atoms with Crippen molar-refractivity contribution in [3.63, 3.8) is 0 Å². The maximum Gasteiger partial charge on any atom is 0.244 e. The minimum atomic E-state index is -3.29. The van der Waals surface area contributed by atoms with Crippen LogP contribution in [0.4, 0.5) is 5.69 Å². The normalized spacial score (nSPS) is 17.9. The number of nitrogens with two attached hydrogens (primary N) is 1. The predicted octanol–water partition coefficient (Wildman–Crippen LogP) is 1.61. The molecule has 1 aromatic rings. The van der Waals surface area contributed by atoms with Gasteiger partial charge in [0.25, 0.3) is 0 Å². The first kappa shape index (κ1) is 15.0. The van der Waals surface area contributed by atoms with E-state index in [1.165, 1.54) is 12.1 Å². The molecule has 0 spiro atoms. The van der Waals surface area contributed by atoms with Gasteiger partial charge in [0.1, 0.15) is 0 Å². The van der Waals surface area contributed by atoms with Crippen LogP contribution in [0, 0.1) is 6.92 Å². The van der Waals surface area contributed by atoms with Crippen molar-refractivity contribution < 1.29 is 13.2 Å². The lowest BCUT2D eigenvalue weighted by Gasteiger charge is -2.23. The number of amides is 1. The summed E-state index contributed by atoms with van der Waals surface area (Å²) in [6.45, 7) is 1.82. The minimum Gasteiger partial charge on any atom is -0.324 e. The maximum atomic E-state index is 12.3. The van der Waals surface area contributed by atoms with Crippen LogP contribution < -0.4 is 11.1 Å². The molecule has 110 valence electrons. The number of anilines is 1. The molecule has 1 fully saturated rings. The monoisotopic (exact) mass is 296 g/mol. The Hall–Kier alpha value is -1.40. The fraction of sp³-hybridized carbons (Fsp3) is 0.500. The highest BCUT2D eigenvalue weighted by molar-refractivity contribution is 7.90. The second kappa shape index (κ2) is 5.18. The van der Waals surface area contributed by atoms with Crippen LogP contribution in [0.3, 0.4) is 0 Å². The number of carbonyl (C=O) groups excluding carboxylic acids is 1. The van der Waals surface area contributed by atoms with Gasteiger partial charge in [-0.15, -0.1) is 0 Å². The van der Waals surface area contributed by atoms with Crippen LogP contribution >= 0.6 is 0 Å². The highest BCUT2D eigenvalue weighted by Crippen LogP contribution is 2.29. The molecule has 0 bridgehead atoms. The zero-order valence-electron chi connectivity index (χ0n) is 11.8. The van der Waals surface area contributed by atoms with Gasteiger partial charge in [0.15, 0.2) is 9.84 Å². The molecule has 5 nitrogen and oxygen atoms in total. The van der Waals surface area contributed by atoms with Crippen molar-refractivity contribution >= 4 is 21.4 Å². The third kappa shape index (κ3) is 3.02. The molecule has 1 aromatic carbocycles. The summed E-state index contributed by atoms with van der Waals surface area (Å²) in [6.07, 6.45) is 4.39. The molecule has 0 radical (unpaired) electrons. The lowest BCUT2D eigenvalue weighted by molar-refractivity contribution is -0.121. The van der Waals surface area contributed by atoms with Gasteiger partial charge in [-0.05, 0) is 37.5 Å². The van der Waals surface area contributed by atoms with E-state index < -0.39 is 15.4 Å². The summed E-state index contributed by atoms with van der Waals surface area (Å²) in [5.74, 6) is -0.233. The predicted molar refractivity (Wildman–Crippen MR) is 78.3 cm³/mol. The van der Waals surface area contributed by atoms with Crippen LogP contribution in [0.5, 0.6) is 0 Å². The molecule has 3 N–H and O–H groups in total. The highest BCUT2D eigenvalue weighted by atomic mass is 32.2. The summed E-state index contributed by atoms with van der Waals surface area (Å²) in [6, 6.07) is 4.71. The van der Waals surface area contributed by atoms with E-state index in [4.69, 9.17) is 5.73 Å². The summed E-state index contributed by atoms with van der Waals surface area (Å²) in [4.78, 5) is 12.5. The zero-order chi connectivity index (χ0) is 15.0. The van der Waals surface area contributed by atoms with E-state index in [2.05, 4.69) is 5.32 Å². The molecule has 1 aliphatic rings. The van der Waals surface area contributed by atoms with Gasteiger partial charge in [0, 0.05) is 11.9 Å². The average Bonchev–Trinajstić information content (AvgIpc) is 2.79. The number of benzene rings is 1. The van der Waals surface area contributed by atoms with Crippen molar-refractivity contribution in [1.29, 1.82) is 0 Å². The van der Waals surface area contributed by atoms with E-state index in [-0.39, 0.29) is 10.8 Å². The van der Waals surface area contributed by atoms with Crippen LogP contribution in [0.1, 0.15) is 31.2 Å². The molecule has 1 amide bonds. The Labute approximate surface area is 119 Å². The molecule has 0 unspecified atom stereocenters. The molecular weight excluding hydrogens is 276 g/mol. The molecule has 0 aromatic heterocycles. The summed E-state index contributed by atoms with van der Waals surface area (Å²) >= 11 is 0. The number of nitrogens with one attached hydrogen (secondary N) is 1. The van der Waals surface area contributed by atoms with Crippen LogP contribution in [0.2, 0.25) is 0 Å². The fourth-order valence-electron chi connectivity index (χ4n) is 2.45. The van der Waals surface area contributed by atoms with Gasteiger partial charge in [0.05, 0.1) is 10.4 Å². The second-order valence-electron chi connectivity index (χ2n) is 5.57. The topological polar surface area (TPSA) is 89.3 Å². The molecule has 0 atom stereocenters. The van der Waals surface area contributed by atoms with Crippen molar-refractivity contribution in [2.75, 3.05) is 11.6 Å². The largest absolute Gasteiger partial charge is 0.324 e. The van der Waals surface area contributed by atoms with Gasteiger partial charge in [-0.3, -0.25) is 4.79 Å². The quantitative estimate of drug-likeness (QED) is 0.886. The van der Waals surface area contributed by atoms with Gasteiger partial charge in [-0.25, -0.2) is 8.42 Å². The summed E-state index contributed by atoms with van der Waals surface area (Å²) in [7, 11) is -3.29. The number of sulfone groups is 1. The van der Waals surface area contributed by atoms with Gasteiger partial charge in [0.2, 0.25) is 5.91 Å². The van der Waals surface area contributed by atoms with Gasteiger partial charge in [-0.1, -0.05) is 18.9 Å². The van der Waals surface area contributed by atoms with Gasteiger partial charge < -0.3 is 11.1 Å². The molecule has 1 aliphatic carbocycles. The van der Waals surface area contributed by atoms with Gasteiger partial charge in [-0.2, -0.15) is 0 Å². The first-order valence-corrected chi connectivity index (χ1v) is 8.53. The lowest BCUT2D eigenvalue weighted by atomic mass is 9.98. The summed E-state index contributed by atoms with van der Waals surface area (Å²) in [5, 5.41) is 2.78. The lowest BCUT2D eigenvalue weighted by Crippen LogP contribution is -2.48. The Morgan fingerprint density at radius 3 is 2.45 bits per heavy atom. The Morgan fingerprint density at radius 2 is 1.90 bits per heavy atom. The zero-order valence-corrected chi connectivity index (χ0v) is 12.6. The van der Waals surface area contributed by atoms with E-state index in [1.54, 1.807) is 6.07 Å². The Balaban J connectivity index is 2.27. The van der Waals surface area contributed by atoms with E-state index >= 15 is 0 Å². The van der Waals surface area contributed by atoms with Crippen molar-refractivity contribution in [3.05, 3.63) is 23.8 Å². The Kier molecular flexibility index (Phi) is 3.88. The molecule has 0 heterocycles. The highest BCUT2D eigenvalue weighted by Gasteiger charge is 2.37. The maximum absolute atomic E-state index is 12.3. The number of rotatable bonds is 3. The van der Waals surface area contributed by atoms with Crippen LogP contribution in [0.15, 0.2) is 23.1 Å². The van der Waals surface area contributed by atoms with Gasteiger partial charge >= 0.3 is 0 Å². The third-order valence-corrected chi connectivity index (χ3v) is 4.94. The standard InChI is InChI=1S/C14H20N2O3S/c1-10-5-6-11(20(2,18)19)9-12(10)16-13(17)14(15)7-3-4-8-14/h5-6,9H,3-4,7-8,15H2,1-2H3,(H,16,17). The van der Waals surface area contributed by atoms with E-state index in [9.17, 15) is 13.2 Å². The van der Waals surface area contributed by atoms with Crippen LogP contribution in [-0.2, 0) is 14.6 Å². The molecular formula is C14H20N2O3S. The van der Waals surface area contributed by atoms with Crippen molar-refractivity contribution in [2.45, 2.75) is 43.0 Å². The van der Waals surface area contributed by atoms with Crippen molar-refractivity contribution in [2.24, 2.45) is 5.73 Å². The fourth-order valence-corrected chi connectivity index (χ4v) is 3.09. The summed E-state index contributed by atoms with van der Waals surface area (Å²) in [5.41, 5.74) is 6.59. The van der Waals surface area contributed by atoms with E-state index in [1.807, 2.05) is 6.92 Å². The first-order valence-electron chi connectivity index (χ1n) is 6.63. The van der Waals surface area contributed by atoms with Crippen LogP contribution in [-0.4, -0.2) is 26.1 Å². The number of carbonyl (C=O) groups is 1. The summed E-state index contributed by atoms with van der Waals surface area (Å²) < 4.78 is 23.1. The van der Waals surface area contributed by atoms with E-state index in [0.29, 0.717) is 18.5 Å². The second-order valence-corrected chi connectivity index (χ2v) is 7.58. The Bertz CT molecular complexity index is 632. The third-order valence-electron chi connectivity index (χ3n) is 3.83. The molecule has 0 aliphatic heterocycles. The number of aryl methyl sites for hydroxylation is 1. The number of hydrogen-bond acceptors (Lipinski definition) is 4. The van der Waals surface area contributed by atoms with E-state index in [0.717, 1.165) is 24.7 Å². The molecule has 1 saturated carbocycles. The minimum absolute atomic E-state index is 0.191. The molecule has 2 rings (SSSR count). The van der Waals surface area contributed by atoms with Crippen molar-refractivity contribution in [3.8, 4) is 0 Å². The molecule has 0 saturated heterocycles. The SMILES string of the molecule is Cc1ccc(S(C)(=O)=O)cc1NC(=O)C1(N)CCCC1. The van der Waals surface area contributed by atoms with Crippen molar-refractivity contribution in [1.82, 2.24) is 0 Å². The van der Waals surface area contributed by atoms with Crippen LogP contribution in [0.25, 0.3) is 0 Å². The average molecular weight is 296 g/mol. The molecule has 6 heteroatoms. The Morgan fingerprint density at radius 1 is 1.30 bits per heavy atom.